The Hall–Kier alpha value is -2.35. The summed E-state index contributed by atoms with van der Waals surface area (Å²) in [6.07, 6.45) is 11.3. The summed E-state index contributed by atoms with van der Waals surface area (Å²) >= 11 is 0. The molecule has 8 nitrogen and oxygen atoms in total. The number of nitrogens with zero attached hydrogens (tertiary/aromatic N) is 4. The van der Waals surface area contributed by atoms with Crippen LogP contribution < -0.4 is 10.1 Å². The molecule has 0 radical (unpaired) electrons. The summed E-state index contributed by atoms with van der Waals surface area (Å²) in [7, 11) is 1.83. The quantitative estimate of drug-likeness (QED) is 0.644. The Balaban J connectivity index is 0.995. The number of aromatic nitrogens is 3. The number of piperidine rings is 1. The van der Waals surface area contributed by atoms with Crippen LogP contribution in [0, 0.1) is 11.8 Å². The number of fused-ring (bicyclic) bond motifs is 1. The molecule has 1 N–H and O–H groups in total. The molecule has 32 heavy (non-hydrogen) atoms. The van der Waals surface area contributed by atoms with Crippen molar-refractivity contribution in [1.82, 2.24) is 25.2 Å². The van der Waals surface area contributed by atoms with Crippen LogP contribution in [0.5, 0.6) is 5.75 Å². The monoisotopic (exact) mass is 441 g/mol. The van der Waals surface area contributed by atoms with E-state index in [1.165, 1.54) is 44.5 Å². The molecule has 2 aliphatic carbocycles. The number of carbonyl (C=O) groups excluding carboxylic acids is 1. The van der Waals surface area contributed by atoms with Crippen molar-refractivity contribution in [2.45, 2.75) is 63.3 Å². The molecule has 2 atom stereocenters. The number of aryl methyl sites for hydroxylation is 2. The van der Waals surface area contributed by atoms with E-state index < -0.39 is 0 Å². The van der Waals surface area contributed by atoms with Gasteiger partial charge in [0.15, 0.2) is 12.4 Å². The predicted molar refractivity (Wildman–Crippen MR) is 119 cm³/mol. The average molecular weight is 442 g/mol. The molecule has 8 heteroatoms. The summed E-state index contributed by atoms with van der Waals surface area (Å²) in [5, 5.41) is 11.6. The highest BCUT2D eigenvalue weighted by Gasteiger charge is 2.62. The van der Waals surface area contributed by atoms with Crippen LogP contribution in [0.1, 0.15) is 56.9 Å². The van der Waals surface area contributed by atoms with Gasteiger partial charge in [-0.05, 0) is 56.9 Å². The highest BCUT2D eigenvalue weighted by atomic mass is 16.5. The van der Waals surface area contributed by atoms with Crippen LogP contribution in [0.2, 0.25) is 0 Å². The maximum atomic E-state index is 12.2. The molecule has 1 amide bonds. The van der Waals surface area contributed by atoms with Crippen LogP contribution in [-0.2, 0) is 23.7 Å². The molecule has 3 aliphatic rings. The fraction of sp³-hybridized carbons (Fsp3) is 0.708. The van der Waals surface area contributed by atoms with Gasteiger partial charge in [0.2, 0.25) is 0 Å². The second-order valence-corrected chi connectivity index (χ2v) is 10.0. The molecular weight excluding hydrogens is 406 g/mol. The fourth-order valence-corrected chi connectivity index (χ4v) is 5.72. The minimum Gasteiger partial charge on any atom is -0.480 e. The highest BCUT2D eigenvalue weighted by molar-refractivity contribution is 5.77. The molecule has 0 unspecified atom stereocenters. The smallest absolute Gasteiger partial charge is 0.258 e. The number of nitrogens with one attached hydrogen (secondary N) is 1. The molecule has 2 aromatic heterocycles. The van der Waals surface area contributed by atoms with Gasteiger partial charge < -0.3 is 19.5 Å². The van der Waals surface area contributed by atoms with Crippen LogP contribution >= 0.6 is 0 Å². The van der Waals surface area contributed by atoms with Gasteiger partial charge in [0, 0.05) is 44.1 Å². The lowest BCUT2D eigenvalue weighted by Gasteiger charge is -2.30. The Kier molecular flexibility index (Phi) is 5.97. The van der Waals surface area contributed by atoms with Crippen LogP contribution in [0.3, 0.4) is 0 Å². The van der Waals surface area contributed by atoms with E-state index in [1.54, 1.807) is 17.1 Å². The van der Waals surface area contributed by atoms with Crippen LogP contribution in [0.25, 0.3) is 0 Å². The molecule has 0 aromatic carbocycles. The first kappa shape index (κ1) is 21.5. The SMILES string of the molecule is CCc1cc([C@]23C[C@H]2CN(CCC2CCC(NC(=O)COc4cnn(C)c4)CC2)C3)no1. The molecule has 2 aromatic rings. The zero-order valence-electron chi connectivity index (χ0n) is 19.3. The van der Waals surface area contributed by atoms with E-state index in [4.69, 9.17) is 9.26 Å². The predicted octanol–water partition coefficient (Wildman–Crippen LogP) is 2.69. The van der Waals surface area contributed by atoms with E-state index in [1.807, 2.05) is 7.05 Å². The van der Waals surface area contributed by atoms with Crippen LogP contribution in [0.15, 0.2) is 23.0 Å². The van der Waals surface area contributed by atoms with Crippen molar-refractivity contribution in [3.63, 3.8) is 0 Å². The Morgan fingerprint density at radius 3 is 2.91 bits per heavy atom. The molecule has 0 bridgehead atoms. The Labute approximate surface area is 189 Å². The molecule has 0 spiro atoms. The van der Waals surface area contributed by atoms with Gasteiger partial charge in [-0.15, -0.1) is 0 Å². The van der Waals surface area contributed by atoms with Crippen molar-refractivity contribution >= 4 is 5.91 Å². The summed E-state index contributed by atoms with van der Waals surface area (Å²) < 4.78 is 12.6. The number of amides is 1. The van der Waals surface area contributed by atoms with Crippen molar-refractivity contribution in [3.8, 4) is 5.75 Å². The van der Waals surface area contributed by atoms with Crippen molar-refractivity contribution in [2.24, 2.45) is 18.9 Å². The Morgan fingerprint density at radius 2 is 2.19 bits per heavy atom. The third-order valence-corrected chi connectivity index (χ3v) is 7.75. The summed E-state index contributed by atoms with van der Waals surface area (Å²) in [5.41, 5.74) is 1.46. The van der Waals surface area contributed by atoms with E-state index in [0.717, 1.165) is 43.4 Å². The average Bonchev–Trinajstić information content (AvgIpc) is 3.20. The van der Waals surface area contributed by atoms with Crippen molar-refractivity contribution in [2.75, 3.05) is 26.2 Å². The van der Waals surface area contributed by atoms with E-state index >= 15 is 0 Å². The second-order valence-electron chi connectivity index (χ2n) is 10.0. The first-order chi connectivity index (χ1) is 15.5. The van der Waals surface area contributed by atoms with Crippen LogP contribution in [-0.4, -0.2) is 58.0 Å². The molecule has 3 heterocycles. The van der Waals surface area contributed by atoms with Crippen molar-refractivity contribution in [1.29, 1.82) is 0 Å². The Morgan fingerprint density at radius 1 is 1.34 bits per heavy atom. The first-order valence-electron chi connectivity index (χ1n) is 12.1. The van der Waals surface area contributed by atoms with Crippen molar-refractivity contribution < 1.29 is 14.1 Å². The molecule has 3 fully saturated rings. The first-order valence-corrected chi connectivity index (χ1v) is 12.1. The van der Waals surface area contributed by atoms with E-state index in [-0.39, 0.29) is 24.0 Å². The molecular formula is C24H35N5O3. The second kappa shape index (κ2) is 8.89. The summed E-state index contributed by atoms with van der Waals surface area (Å²) in [6, 6.07) is 2.46. The standard InChI is InChI=1S/C24H35N5O3/c1-3-20-10-22(27-32-20)24-11-18(24)13-29(16-24)9-8-17-4-6-19(7-5-17)26-23(30)15-31-21-12-25-28(2)14-21/h10,12,14,17-19H,3-9,11,13,15-16H2,1-2H3,(H,26,30)/t17?,18-,19?,24-/m0/s1. The summed E-state index contributed by atoms with van der Waals surface area (Å²) in [4.78, 5) is 14.8. The van der Waals surface area contributed by atoms with Gasteiger partial charge in [-0.2, -0.15) is 5.10 Å². The van der Waals surface area contributed by atoms with Crippen molar-refractivity contribution in [3.05, 3.63) is 29.9 Å². The maximum absolute atomic E-state index is 12.2. The van der Waals surface area contributed by atoms with Gasteiger partial charge in [0.25, 0.3) is 5.91 Å². The lowest BCUT2D eigenvalue weighted by atomic mass is 9.84. The summed E-state index contributed by atoms with van der Waals surface area (Å²) in [5.74, 6) is 3.12. The molecule has 1 saturated heterocycles. The minimum atomic E-state index is -0.0435. The topological polar surface area (TPSA) is 85.4 Å². The van der Waals surface area contributed by atoms with Gasteiger partial charge in [0.05, 0.1) is 18.1 Å². The Bertz CT molecular complexity index is 932. The zero-order chi connectivity index (χ0) is 22.1. The molecule has 1 aliphatic heterocycles. The third-order valence-electron chi connectivity index (χ3n) is 7.75. The lowest BCUT2D eigenvalue weighted by molar-refractivity contribution is -0.124. The molecule has 2 saturated carbocycles. The minimum absolute atomic E-state index is 0.0435. The summed E-state index contributed by atoms with van der Waals surface area (Å²) in [6.45, 7) is 5.68. The van der Waals surface area contributed by atoms with Gasteiger partial charge >= 0.3 is 0 Å². The zero-order valence-corrected chi connectivity index (χ0v) is 19.3. The van der Waals surface area contributed by atoms with Gasteiger partial charge in [-0.25, -0.2) is 0 Å². The molecule has 174 valence electrons. The van der Waals surface area contributed by atoms with Gasteiger partial charge in [-0.3, -0.25) is 9.48 Å². The number of hydrogen-bond acceptors (Lipinski definition) is 6. The number of ether oxygens (including phenoxy) is 1. The van der Waals surface area contributed by atoms with Gasteiger partial charge in [-0.1, -0.05) is 12.1 Å². The van der Waals surface area contributed by atoms with E-state index in [9.17, 15) is 4.79 Å². The highest BCUT2D eigenvalue weighted by Crippen LogP contribution is 2.58. The fourth-order valence-electron chi connectivity index (χ4n) is 5.72. The lowest BCUT2D eigenvalue weighted by Crippen LogP contribution is -2.40. The maximum Gasteiger partial charge on any atom is 0.258 e. The van der Waals surface area contributed by atoms with Gasteiger partial charge in [0.1, 0.15) is 5.76 Å². The third kappa shape index (κ3) is 4.56. The number of likely N-dealkylation sites (tertiary alicyclic amines) is 1. The largest absolute Gasteiger partial charge is 0.480 e. The van der Waals surface area contributed by atoms with Crippen LogP contribution in [0.4, 0.5) is 0 Å². The molecule has 5 rings (SSSR count). The van der Waals surface area contributed by atoms with E-state index in [2.05, 4.69) is 33.5 Å². The number of rotatable bonds is 9. The number of hydrogen-bond donors (Lipinski definition) is 1. The van der Waals surface area contributed by atoms with E-state index in [0.29, 0.717) is 5.75 Å². The normalized spacial score (nSPS) is 29.6. The number of carbonyl (C=O) groups is 1.